The van der Waals surface area contributed by atoms with Crippen molar-refractivity contribution in [2.24, 2.45) is 0 Å². The van der Waals surface area contributed by atoms with Crippen molar-refractivity contribution < 1.29 is 21.1 Å². The van der Waals surface area contributed by atoms with Crippen LogP contribution in [0.4, 0.5) is 0 Å². The normalized spacial score (nSPS) is 10.3. The second-order valence-corrected chi connectivity index (χ2v) is 5.05. The maximum absolute atomic E-state index is 4.84. The molecule has 3 heteroatoms. The number of hydrogen-bond donors (Lipinski definition) is 0. The zero-order chi connectivity index (χ0) is 14.8. The van der Waals surface area contributed by atoms with Crippen LogP contribution in [0.3, 0.4) is 0 Å². The van der Waals surface area contributed by atoms with E-state index >= 15 is 0 Å². The van der Waals surface area contributed by atoms with Gasteiger partial charge in [0, 0.05) is 26.8 Å². The standard InChI is InChI=1S/C20H13N2.Pt/c1-3-9-15(10-4-1)19-20(16-11-5-2-6-12-16)22-18-14-8-7-13-17(18)21-19;/h1-11,13-14H;/q-1;. The van der Waals surface area contributed by atoms with E-state index in [1.807, 2.05) is 66.7 Å². The maximum atomic E-state index is 4.84. The summed E-state index contributed by atoms with van der Waals surface area (Å²) in [6, 6.07) is 29.3. The van der Waals surface area contributed by atoms with Gasteiger partial charge in [0.25, 0.3) is 0 Å². The van der Waals surface area contributed by atoms with Gasteiger partial charge in [0.1, 0.15) is 0 Å². The average Bonchev–Trinajstić information content (AvgIpc) is 2.62. The molecule has 0 unspecified atom stereocenters. The minimum absolute atomic E-state index is 0. The molecule has 3 aromatic carbocycles. The fraction of sp³-hybridized carbons (Fsp3) is 0. The summed E-state index contributed by atoms with van der Waals surface area (Å²) < 4.78 is 0. The molecule has 0 atom stereocenters. The Morgan fingerprint density at radius 1 is 0.609 bits per heavy atom. The summed E-state index contributed by atoms with van der Waals surface area (Å²) in [4.78, 5) is 9.67. The van der Waals surface area contributed by atoms with Crippen molar-refractivity contribution >= 4 is 11.0 Å². The van der Waals surface area contributed by atoms with Gasteiger partial charge in [0.05, 0.1) is 16.7 Å². The second-order valence-electron chi connectivity index (χ2n) is 5.05. The molecule has 0 aliphatic carbocycles. The van der Waals surface area contributed by atoms with Gasteiger partial charge < -0.3 is 0 Å². The van der Waals surface area contributed by atoms with Gasteiger partial charge in [-0.25, -0.2) is 0 Å². The molecule has 0 saturated carbocycles. The Hall–Kier alpha value is -2.31. The van der Waals surface area contributed by atoms with Crippen LogP contribution in [0, 0.1) is 6.07 Å². The van der Waals surface area contributed by atoms with Gasteiger partial charge >= 0.3 is 0 Å². The molecule has 1 heterocycles. The van der Waals surface area contributed by atoms with Gasteiger partial charge in [-0.05, 0) is 17.7 Å². The molecule has 0 bridgehead atoms. The molecule has 4 rings (SSSR count). The number of hydrogen-bond acceptors (Lipinski definition) is 2. The average molecular weight is 476 g/mol. The summed E-state index contributed by atoms with van der Waals surface area (Å²) in [7, 11) is 0. The Bertz CT molecular complexity index is 844. The number of nitrogens with zero attached hydrogens (tertiary/aromatic N) is 2. The SMILES string of the molecule is [Pt].[c-]1ccccc1-c1nc2ccccc2nc1-c1ccccc1. The van der Waals surface area contributed by atoms with Crippen molar-refractivity contribution in [2.45, 2.75) is 0 Å². The summed E-state index contributed by atoms with van der Waals surface area (Å²) in [6.45, 7) is 0. The minimum atomic E-state index is 0. The first-order chi connectivity index (χ1) is 10.9. The number of benzene rings is 3. The molecule has 0 aliphatic rings. The van der Waals surface area contributed by atoms with Gasteiger partial charge in [-0.1, -0.05) is 42.5 Å². The molecule has 0 aliphatic heterocycles. The van der Waals surface area contributed by atoms with Gasteiger partial charge in [-0.15, -0.1) is 35.9 Å². The van der Waals surface area contributed by atoms with Gasteiger partial charge in [0.2, 0.25) is 0 Å². The molecule has 4 aromatic rings. The molecule has 0 fully saturated rings. The zero-order valence-corrected chi connectivity index (χ0v) is 14.5. The van der Waals surface area contributed by atoms with Crippen LogP contribution in [-0.2, 0) is 21.1 Å². The molecule has 0 spiro atoms. The molecular weight excluding hydrogens is 463 g/mol. The molecule has 0 amide bonds. The number of fused-ring (bicyclic) bond motifs is 1. The molecular formula is C20H13N2Pt-. The third kappa shape index (κ3) is 3.08. The summed E-state index contributed by atoms with van der Waals surface area (Å²) in [5.74, 6) is 0. The van der Waals surface area contributed by atoms with Crippen LogP contribution >= 0.6 is 0 Å². The number of rotatable bonds is 2. The van der Waals surface area contributed by atoms with E-state index < -0.39 is 0 Å². The summed E-state index contributed by atoms with van der Waals surface area (Å²) >= 11 is 0. The Morgan fingerprint density at radius 2 is 1.22 bits per heavy atom. The van der Waals surface area contributed by atoms with E-state index in [0.717, 1.165) is 33.5 Å². The zero-order valence-electron chi connectivity index (χ0n) is 12.2. The topological polar surface area (TPSA) is 25.8 Å². The van der Waals surface area contributed by atoms with E-state index in [4.69, 9.17) is 9.97 Å². The first kappa shape index (κ1) is 15.6. The molecule has 114 valence electrons. The van der Waals surface area contributed by atoms with Crippen molar-refractivity contribution in [1.82, 2.24) is 9.97 Å². The largest absolute Gasteiger partial charge is 0.292 e. The fourth-order valence-electron chi connectivity index (χ4n) is 2.53. The molecule has 23 heavy (non-hydrogen) atoms. The van der Waals surface area contributed by atoms with E-state index in [9.17, 15) is 0 Å². The minimum Gasteiger partial charge on any atom is -0.292 e. The Balaban J connectivity index is 0.00000156. The van der Waals surface area contributed by atoms with Crippen molar-refractivity contribution in [1.29, 1.82) is 0 Å². The summed E-state index contributed by atoms with van der Waals surface area (Å²) in [6.07, 6.45) is 0. The summed E-state index contributed by atoms with van der Waals surface area (Å²) in [5.41, 5.74) is 5.58. The molecule has 0 saturated heterocycles. The van der Waals surface area contributed by atoms with Gasteiger partial charge in [-0.3, -0.25) is 9.97 Å². The fourth-order valence-corrected chi connectivity index (χ4v) is 2.53. The van der Waals surface area contributed by atoms with Crippen LogP contribution in [-0.4, -0.2) is 9.97 Å². The van der Waals surface area contributed by atoms with Crippen LogP contribution in [0.25, 0.3) is 33.5 Å². The van der Waals surface area contributed by atoms with Crippen LogP contribution in [0.5, 0.6) is 0 Å². The van der Waals surface area contributed by atoms with Crippen molar-refractivity contribution in [3.63, 3.8) is 0 Å². The maximum Gasteiger partial charge on any atom is 0.0875 e. The van der Waals surface area contributed by atoms with Gasteiger partial charge in [0.15, 0.2) is 0 Å². The molecule has 2 nitrogen and oxygen atoms in total. The monoisotopic (exact) mass is 476 g/mol. The van der Waals surface area contributed by atoms with Crippen LogP contribution in [0.15, 0.2) is 78.9 Å². The molecule has 1 aromatic heterocycles. The summed E-state index contributed by atoms with van der Waals surface area (Å²) in [5, 5.41) is 0. The molecule has 0 radical (unpaired) electrons. The van der Waals surface area contributed by atoms with E-state index in [2.05, 4.69) is 18.2 Å². The van der Waals surface area contributed by atoms with Crippen LogP contribution in [0.2, 0.25) is 0 Å². The Kier molecular flexibility index (Phi) is 4.64. The predicted octanol–water partition coefficient (Wildman–Crippen LogP) is 4.76. The Labute approximate surface area is 149 Å². The Morgan fingerprint density at radius 3 is 1.87 bits per heavy atom. The van der Waals surface area contributed by atoms with E-state index in [-0.39, 0.29) is 21.1 Å². The van der Waals surface area contributed by atoms with E-state index in [1.54, 1.807) is 0 Å². The first-order valence-electron chi connectivity index (χ1n) is 7.21. The van der Waals surface area contributed by atoms with E-state index in [0.29, 0.717) is 0 Å². The quantitative estimate of drug-likeness (QED) is 0.390. The van der Waals surface area contributed by atoms with Crippen molar-refractivity contribution in [3.05, 3.63) is 84.9 Å². The number of para-hydroxylation sites is 2. The first-order valence-corrected chi connectivity index (χ1v) is 7.21. The molecule has 0 N–H and O–H groups in total. The van der Waals surface area contributed by atoms with Crippen LogP contribution in [0.1, 0.15) is 0 Å². The van der Waals surface area contributed by atoms with Crippen molar-refractivity contribution in [3.8, 4) is 22.5 Å². The smallest absolute Gasteiger partial charge is 0.0875 e. The third-order valence-electron chi connectivity index (χ3n) is 3.58. The second kappa shape index (κ2) is 6.85. The van der Waals surface area contributed by atoms with Crippen molar-refractivity contribution in [2.75, 3.05) is 0 Å². The number of aromatic nitrogens is 2. The third-order valence-corrected chi connectivity index (χ3v) is 3.58. The predicted molar refractivity (Wildman–Crippen MR) is 89.2 cm³/mol. The van der Waals surface area contributed by atoms with E-state index in [1.165, 1.54) is 0 Å². The van der Waals surface area contributed by atoms with Gasteiger partial charge in [-0.2, -0.15) is 0 Å². The van der Waals surface area contributed by atoms with Crippen LogP contribution < -0.4 is 0 Å².